The molecule has 10 heteroatoms. The van der Waals surface area contributed by atoms with Gasteiger partial charge in [0.1, 0.15) is 12.4 Å². The summed E-state index contributed by atoms with van der Waals surface area (Å²) >= 11 is 6.17. The van der Waals surface area contributed by atoms with Gasteiger partial charge in [0.25, 0.3) is 0 Å². The normalized spacial score (nSPS) is 15.0. The molecule has 1 heterocycles. The third-order valence-electron chi connectivity index (χ3n) is 7.33. The Morgan fingerprint density at radius 3 is 2.33 bits per heavy atom. The zero-order valence-electron chi connectivity index (χ0n) is 21.0. The molecule has 0 amide bonds. The van der Waals surface area contributed by atoms with E-state index in [2.05, 4.69) is 4.98 Å². The smallest absolute Gasteiger partial charge is 0.335 e. The van der Waals surface area contributed by atoms with Crippen molar-refractivity contribution in [3.8, 4) is 17.1 Å². The van der Waals surface area contributed by atoms with Gasteiger partial charge in [-0.25, -0.2) is 27.3 Å². The van der Waals surface area contributed by atoms with Crippen LogP contribution in [0.4, 0.5) is 17.6 Å². The minimum atomic E-state index is -1.47. The van der Waals surface area contributed by atoms with Gasteiger partial charge in [-0.1, -0.05) is 30.9 Å². The first kappa shape index (κ1) is 27.0. The number of rotatable bonds is 7. The molecule has 39 heavy (non-hydrogen) atoms. The molecule has 1 fully saturated rings. The highest BCUT2D eigenvalue weighted by atomic mass is 35.5. The summed E-state index contributed by atoms with van der Waals surface area (Å²) in [4.78, 5) is 15.8. The fourth-order valence-corrected chi connectivity index (χ4v) is 5.65. The molecule has 0 radical (unpaired) electrons. The van der Waals surface area contributed by atoms with Crippen LogP contribution in [-0.4, -0.2) is 27.2 Å². The van der Waals surface area contributed by atoms with E-state index < -0.39 is 46.6 Å². The van der Waals surface area contributed by atoms with Gasteiger partial charge in [-0.3, -0.25) is 0 Å². The van der Waals surface area contributed by atoms with Crippen LogP contribution in [0.25, 0.3) is 22.4 Å². The van der Waals surface area contributed by atoms with Crippen LogP contribution in [0.15, 0.2) is 42.5 Å². The second-order valence-electron chi connectivity index (χ2n) is 9.87. The van der Waals surface area contributed by atoms with E-state index >= 15 is 0 Å². The third kappa shape index (κ3) is 5.32. The van der Waals surface area contributed by atoms with E-state index in [1.54, 1.807) is 22.8 Å². The molecule has 1 aliphatic carbocycles. The van der Waals surface area contributed by atoms with Gasteiger partial charge in [0.15, 0.2) is 29.0 Å². The number of carboxylic acid groups (broad SMARTS) is 1. The molecule has 1 aromatic heterocycles. The van der Waals surface area contributed by atoms with Gasteiger partial charge >= 0.3 is 5.97 Å². The second kappa shape index (κ2) is 10.9. The SMILES string of the molecule is Cc1cc(Cl)ccc1-c1nc2cc(F)c(F)cc2n1C(COc1c(F)cc(C(=O)O)cc1F)C1CCCCC1. The Kier molecular flexibility index (Phi) is 7.53. The minimum absolute atomic E-state index is 0.0139. The Balaban J connectivity index is 1.66. The summed E-state index contributed by atoms with van der Waals surface area (Å²) in [6.07, 6.45) is 4.49. The average molecular weight is 561 g/mol. The average Bonchev–Trinajstić information content (AvgIpc) is 3.23. The van der Waals surface area contributed by atoms with Crippen molar-refractivity contribution < 1.29 is 32.2 Å². The Bertz CT molecular complexity index is 1540. The van der Waals surface area contributed by atoms with E-state index in [1.165, 1.54) is 0 Å². The second-order valence-corrected chi connectivity index (χ2v) is 10.3. The maximum atomic E-state index is 14.7. The van der Waals surface area contributed by atoms with E-state index in [1.807, 2.05) is 6.92 Å². The number of halogens is 5. The number of aromatic nitrogens is 2. The van der Waals surface area contributed by atoms with E-state index in [4.69, 9.17) is 21.4 Å². The van der Waals surface area contributed by atoms with Crippen LogP contribution < -0.4 is 4.74 Å². The zero-order valence-corrected chi connectivity index (χ0v) is 21.7. The highest BCUT2D eigenvalue weighted by Crippen LogP contribution is 2.40. The van der Waals surface area contributed by atoms with Crippen molar-refractivity contribution >= 4 is 28.6 Å². The number of aryl methyl sites for hydroxylation is 1. The lowest BCUT2D eigenvalue weighted by atomic mass is 9.83. The zero-order chi connectivity index (χ0) is 27.8. The van der Waals surface area contributed by atoms with E-state index in [-0.39, 0.29) is 18.0 Å². The summed E-state index contributed by atoms with van der Waals surface area (Å²) < 4.78 is 65.7. The molecule has 1 aliphatic rings. The van der Waals surface area contributed by atoms with E-state index in [0.717, 1.165) is 49.8 Å². The fourth-order valence-electron chi connectivity index (χ4n) is 5.42. The molecular weight excluding hydrogens is 536 g/mol. The van der Waals surface area contributed by atoms with Crippen molar-refractivity contribution in [2.45, 2.75) is 45.1 Å². The quantitative estimate of drug-likeness (QED) is 0.232. The molecule has 1 unspecified atom stereocenters. The molecule has 4 aromatic rings. The number of aromatic carboxylic acids is 1. The predicted molar refractivity (Wildman–Crippen MR) is 139 cm³/mol. The Labute approximate surface area is 227 Å². The van der Waals surface area contributed by atoms with Gasteiger partial charge in [-0.2, -0.15) is 0 Å². The lowest BCUT2D eigenvalue weighted by molar-refractivity contribution is 0.0695. The highest BCUT2D eigenvalue weighted by Gasteiger charge is 2.31. The van der Waals surface area contributed by atoms with Crippen molar-refractivity contribution in [3.63, 3.8) is 0 Å². The molecule has 1 atom stereocenters. The van der Waals surface area contributed by atoms with Crippen LogP contribution in [0, 0.1) is 36.1 Å². The maximum Gasteiger partial charge on any atom is 0.335 e. The third-order valence-corrected chi connectivity index (χ3v) is 7.57. The van der Waals surface area contributed by atoms with Crippen molar-refractivity contribution in [3.05, 3.63) is 81.9 Å². The standard InChI is InChI=1S/C29H25ClF4N2O3/c1-15-9-18(30)7-8-19(15)28-35-24-12-20(31)21(32)13-25(24)36(28)26(16-5-3-2-4-6-16)14-39-27-22(33)10-17(29(37)38)11-23(27)34/h7-13,16,26H,2-6,14H2,1H3,(H,37,38). The molecule has 0 aliphatic heterocycles. The highest BCUT2D eigenvalue weighted by molar-refractivity contribution is 6.30. The van der Waals surface area contributed by atoms with Crippen LogP contribution >= 0.6 is 11.6 Å². The van der Waals surface area contributed by atoms with Gasteiger partial charge in [0, 0.05) is 22.7 Å². The summed E-state index contributed by atoms with van der Waals surface area (Å²) in [6, 6.07) is 8.16. The molecule has 1 N–H and O–H groups in total. The van der Waals surface area contributed by atoms with Gasteiger partial charge in [0.05, 0.1) is 22.6 Å². The molecule has 1 saturated carbocycles. The molecule has 3 aromatic carbocycles. The maximum absolute atomic E-state index is 14.7. The number of carboxylic acids is 1. The Morgan fingerprint density at radius 2 is 1.69 bits per heavy atom. The summed E-state index contributed by atoms with van der Waals surface area (Å²) in [5, 5.41) is 9.62. The number of nitrogens with zero attached hydrogens (tertiary/aromatic N) is 2. The van der Waals surface area contributed by atoms with Crippen molar-refractivity contribution in [1.29, 1.82) is 0 Å². The fraction of sp³-hybridized carbons (Fsp3) is 0.310. The minimum Gasteiger partial charge on any atom is -0.485 e. The monoisotopic (exact) mass is 560 g/mol. The molecule has 0 bridgehead atoms. The van der Waals surface area contributed by atoms with Gasteiger partial charge in [-0.15, -0.1) is 0 Å². The molecule has 204 valence electrons. The van der Waals surface area contributed by atoms with Crippen LogP contribution in [0.2, 0.25) is 5.02 Å². The molecule has 0 spiro atoms. The summed E-state index contributed by atoms with van der Waals surface area (Å²) in [6.45, 7) is 1.63. The summed E-state index contributed by atoms with van der Waals surface area (Å²) in [5.74, 6) is -6.15. The predicted octanol–water partition coefficient (Wildman–Crippen LogP) is 8.12. The molecule has 5 rings (SSSR count). The van der Waals surface area contributed by atoms with Crippen molar-refractivity contribution in [1.82, 2.24) is 9.55 Å². The first-order valence-electron chi connectivity index (χ1n) is 12.6. The number of hydrogen-bond donors (Lipinski definition) is 1. The van der Waals surface area contributed by atoms with Crippen LogP contribution in [-0.2, 0) is 0 Å². The van der Waals surface area contributed by atoms with Gasteiger partial charge < -0.3 is 14.4 Å². The molecule has 0 saturated heterocycles. The van der Waals surface area contributed by atoms with Crippen LogP contribution in [0.5, 0.6) is 5.75 Å². The number of hydrogen-bond acceptors (Lipinski definition) is 3. The number of benzene rings is 3. The first-order chi connectivity index (χ1) is 18.6. The number of fused-ring (bicyclic) bond motifs is 1. The van der Waals surface area contributed by atoms with Gasteiger partial charge in [-0.05, 0) is 61.6 Å². The number of carbonyl (C=O) groups is 1. The Morgan fingerprint density at radius 1 is 1.03 bits per heavy atom. The number of imidazole rings is 1. The van der Waals surface area contributed by atoms with E-state index in [9.17, 15) is 22.4 Å². The number of ether oxygens (including phenoxy) is 1. The van der Waals surface area contributed by atoms with Crippen molar-refractivity contribution in [2.24, 2.45) is 5.92 Å². The van der Waals surface area contributed by atoms with Gasteiger partial charge in [0.2, 0.25) is 0 Å². The summed E-state index contributed by atoms with van der Waals surface area (Å²) in [5.41, 5.74) is 1.46. The lowest BCUT2D eigenvalue weighted by Gasteiger charge is -2.33. The first-order valence-corrected chi connectivity index (χ1v) is 13.0. The molecular formula is C29H25ClF4N2O3. The summed E-state index contributed by atoms with van der Waals surface area (Å²) in [7, 11) is 0. The largest absolute Gasteiger partial charge is 0.485 e. The molecule has 5 nitrogen and oxygen atoms in total. The van der Waals surface area contributed by atoms with E-state index in [0.29, 0.717) is 34.1 Å². The van der Waals surface area contributed by atoms with Crippen molar-refractivity contribution in [2.75, 3.05) is 6.61 Å². The topological polar surface area (TPSA) is 64.4 Å². The van der Waals surface area contributed by atoms with Crippen LogP contribution in [0.3, 0.4) is 0 Å². The van der Waals surface area contributed by atoms with Crippen LogP contribution in [0.1, 0.15) is 54.1 Å². The lowest BCUT2D eigenvalue weighted by Crippen LogP contribution is -2.28. The Hall–Kier alpha value is -3.59.